The maximum atomic E-state index is 5.12. The van der Waals surface area contributed by atoms with Crippen LogP contribution in [0.1, 0.15) is 75.7 Å². The lowest BCUT2D eigenvalue weighted by Crippen LogP contribution is -2.26. The van der Waals surface area contributed by atoms with Gasteiger partial charge in [-0.25, -0.2) is 19.9 Å². The van der Waals surface area contributed by atoms with Gasteiger partial charge in [0.15, 0.2) is 11.6 Å². The van der Waals surface area contributed by atoms with Crippen molar-refractivity contribution in [2.75, 3.05) is 0 Å². The molecule has 0 bridgehead atoms. The first-order valence-corrected chi connectivity index (χ1v) is 18.6. The molecule has 0 N–H and O–H groups in total. The highest BCUT2D eigenvalue weighted by Gasteiger charge is 2.32. The minimum Gasteiger partial charge on any atom is -0.255 e. The van der Waals surface area contributed by atoms with Crippen LogP contribution in [0.25, 0.3) is 50.8 Å². The van der Waals surface area contributed by atoms with Gasteiger partial charge in [-0.15, -0.1) is 0 Å². The van der Waals surface area contributed by atoms with Crippen LogP contribution in [0.4, 0.5) is 0 Å². The SMILES string of the molecule is C=C/C=C(\C)c1cc(-c2ccc(C(CC)(CC)C3=CC=C(c4cc(-c5ccccn5)nc(C5=CCCC=C5)n4)CC=C3)cc2)nc(-c2ccccc2)n1. The van der Waals surface area contributed by atoms with Crippen LogP contribution >= 0.6 is 0 Å². The highest BCUT2D eigenvalue weighted by atomic mass is 14.9. The predicted molar refractivity (Wildman–Crippen MR) is 220 cm³/mol. The first-order valence-electron chi connectivity index (χ1n) is 18.6. The Morgan fingerprint density at radius 3 is 2.21 bits per heavy atom. The molecule has 5 heteroatoms. The number of allylic oxidation sites excluding steroid dienone is 13. The lowest BCUT2D eigenvalue weighted by Gasteiger charge is -2.34. The summed E-state index contributed by atoms with van der Waals surface area (Å²) in [5, 5.41) is 0. The molecule has 5 nitrogen and oxygen atoms in total. The molecule has 2 aliphatic carbocycles. The summed E-state index contributed by atoms with van der Waals surface area (Å²) in [4.78, 5) is 24.6. The molecule has 0 aliphatic heterocycles. The van der Waals surface area contributed by atoms with Crippen molar-refractivity contribution in [3.8, 4) is 34.0 Å². The summed E-state index contributed by atoms with van der Waals surface area (Å²) in [5.74, 6) is 1.45. The van der Waals surface area contributed by atoms with Crippen LogP contribution in [0.2, 0.25) is 0 Å². The first-order chi connectivity index (χ1) is 26.0. The molecule has 262 valence electrons. The van der Waals surface area contributed by atoms with Gasteiger partial charge in [0.2, 0.25) is 0 Å². The topological polar surface area (TPSA) is 64.5 Å². The summed E-state index contributed by atoms with van der Waals surface area (Å²) in [6.07, 6.45) is 26.1. The van der Waals surface area contributed by atoms with Crippen molar-refractivity contribution in [2.24, 2.45) is 0 Å². The van der Waals surface area contributed by atoms with Crippen molar-refractivity contribution >= 4 is 16.7 Å². The maximum absolute atomic E-state index is 5.12. The number of rotatable bonds is 11. The summed E-state index contributed by atoms with van der Waals surface area (Å²) < 4.78 is 0. The summed E-state index contributed by atoms with van der Waals surface area (Å²) >= 11 is 0. The Morgan fingerprint density at radius 2 is 1.49 bits per heavy atom. The van der Waals surface area contributed by atoms with Gasteiger partial charge in [-0.2, -0.15) is 0 Å². The fraction of sp³-hybridized carbons (Fsp3) is 0.188. The lowest BCUT2D eigenvalue weighted by molar-refractivity contribution is 0.477. The summed E-state index contributed by atoms with van der Waals surface area (Å²) in [6, 6.07) is 29.2. The minimum absolute atomic E-state index is 0.163. The van der Waals surface area contributed by atoms with E-state index >= 15 is 0 Å². The Labute approximate surface area is 313 Å². The predicted octanol–water partition coefficient (Wildman–Crippen LogP) is 12.0. The van der Waals surface area contributed by atoms with Crippen LogP contribution < -0.4 is 0 Å². The molecule has 3 heterocycles. The van der Waals surface area contributed by atoms with Gasteiger partial charge < -0.3 is 0 Å². The monoisotopic (exact) mass is 691 g/mol. The molecule has 3 aromatic heterocycles. The zero-order chi connectivity index (χ0) is 36.6. The summed E-state index contributed by atoms with van der Waals surface area (Å²) in [6.45, 7) is 10.5. The van der Waals surface area contributed by atoms with Gasteiger partial charge >= 0.3 is 0 Å². The number of pyridine rings is 1. The van der Waals surface area contributed by atoms with E-state index in [4.69, 9.17) is 19.9 Å². The lowest BCUT2D eigenvalue weighted by atomic mass is 9.69. The zero-order valence-electron chi connectivity index (χ0n) is 30.8. The fourth-order valence-electron chi connectivity index (χ4n) is 7.27. The molecule has 0 unspecified atom stereocenters. The van der Waals surface area contributed by atoms with Crippen LogP contribution in [0.15, 0.2) is 158 Å². The van der Waals surface area contributed by atoms with Crippen LogP contribution in [-0.2, 0) is 5.41 Å². The van der Waals surface area contributed by atoms with E-state index in [1.54, 1.807) is 6.08 Å². The third kappa shape index (κ3) is 7.61. The largest absolute Gasteiger partial charge is 0.255 e. The number of nitrogens with zero attached hydrogens (tertiary/aromatic N) is 5. The molecular formula is C48H45N5. The third-order valence-corrected chi connectivity index (χ3v) is 10.4. The van der Waals surface area contributed by atoms with Crippen LogP contribution in [-0.4, -0.2) is 24.9 Å². The van der Waals surface area contributed by atoms with Crippen molar-refractivity contribution in [1.82, 2.24) is 24.9 Å². The number of hydrogen-bond donors (Lipinski definition) is 0. The highest BCUT2D eigenvalue weighted by molar-refractivity contribution is 5.76. The third-order valence-electron chi connectivity index (χ3n) is 10.4. The van der Waals surface area contributed by atoms with Crippen molar-refractivity contribution < 1.29 is 0 Å². The molecule has 0 amide bonds. The Morgan fingerprint density at radius 1 is 0.717 bits per heavy atom. The van der Waals surface area contributed by atoms with Gasteiger partial charge in [0, 0.05) is 28.3 Å². The second-order valence-corrected chi connectivity index (χ2v) is 13.5. The number of aromatic nitrogens is 5. The molecule has 0 atom stereocenters. The van der Waals surface area contributed by atoms with E-state index < -0.39 is 0 Å². The fourth-order valence-corrected chi connectivity index (χ4v) is 7.27. The van der Waals surface area contributed by atoms with E-state index in [0.29, 0.717) is 5.82 Å². The number of hydrogen-bond acceptors (Lipinski definition) is 5. The van der Waals surface area contributed by atoms with Gasteiger partial charge in [-0.1, -0.05) is 136 Å². The molecule has 5 aromatic rings. The van der Waals surface area contributed by atoms with Crippen molar-refractivity contribution in [2.45, 2.75) is 58.3 Å². The first kappa shape index (κ1) is 35.3. The summed E-state index contributed by atoms with van der Waals surface area (Å²) in [5.41, 5.74) is 12.1. The van der Waals surface area contributed by atoms with E-state index in [1.807, 2.05) is 48.7 Å². The molecule has 0 saturated carbocycles. The van der Waals surface area contributed by atoms with Gasteiger partial charge in [0.1, 0.15) is 0 Å². The molecule has 0 saturated heterocycles. The highest BCUT2D eigenvalue weighted by Crippen LogP contribution is 2.42. The van der Waals surface area contributed by atoms with Gasteiger partial charge in [-0.05, 0) is 85.6 Å². The quantitative estimate of drug-likeness (QED) is 0.129. The molecule has 0 radical (unpaired) electrons. The molecule has 2 aliphatic rings. The summed E-state index contributed by atoms with van der Waals surface area (Å²) in [7, 11) is 0. The second-order valence-electron chi connectivity index (χ2n) is 13.5. The van der Waals surface area contributed by atoms with E-state index in [2.05, 4.69) is 123 Å². The van der Waals surface area contributed by atoms with E-state index in [0.717, 1.165) is 94.2 Å². The Kier molecular flexibility index (Phi) is 10.7. The zero-order valence-corrected chi connectivity index (χ0v) is 30.8. The van der Waals surface area contributed by atoms with Gasteiger partial charge in [0.25, 0.3) is 0 Å². The van der Waals surface area contributed by atoms with Crippen LogP contribution in [0.3, 0.4) is 0 Å². The Hall–Kier alpha value is -6.07. The maximum Gasteiger partial charge on any atom is 0.160 e. The number of benzene rings is 2. The van der Waals surface area contributed by atoms with Crippen LogP contribution in [0.5, 0.6) is 0 Å². The van der Waals surface area contributed by atoms with Crippen molar-refractivity contribution in [1.29, 1.82) is 0 Å². The van der Waals surface area contributed by atoms with E-state index in [9.17, 15) is 0 Å². The normalized spacial score (nSPS) is 14.6. The minimum atomic E-state index is -0.163. The molecule has 7 rings (SSSR count). The van der Waals surface area contributed by atoms with Crippen molar-refractivity contribution in [3.05, 3.63) is 181 Å². The average Bonchev–Trinajstić information content (AvgIpc) is 3.49. The molecular weight excluding hydrogens is 647 g/mol. The Bertz CT molecular complexity index is 2280. The molecule has 0 spiro atoms. The van der Waals surface area contributed by atoms with Gasteiger partial charge in [0.05, 0.1) is 28.5 Å². The molecule has 2 aromatic carbocycles. The van der Waals surface area contributed by atoms with Gasteiger partial charge in [-0.3, -0.25) is 4.98 Å². The standard InChI is InChI=1S/C48H45N5/c1-5-17-34(4)42-32-43(51-46(50-42)37-18-10-8-11-19-37)36-26-29-40(30-27-36)48(6-2,7-3)39-23-16-22-35(25-28-39)44-33-45(41-24-14-15-31-49-41)53-47(52-44)38-20-12-9-13-21-38/h5,8,10-12,14-21,23-33H,1,6-7,9,13,22H2,2-4H3/b34-17+. The average molecular weight is 692 g/mol. The van der Waals surface area contributed by atoms with E-state index in [-0.39, 0.29) is 5.41 Å². The van der Waals surface area contributed by atoms with Crippen molar-refractivity contribution in [3.63, 3.8) is 0 Å². The van der Waals surface area contributed by atoms with E-state index in [1.165, 1.54) is 11.1 Å². The van der Waals surface area contributed by atoms with Crippen LogP contribution in [0, 0.1) is 0 Å². The molecule has 53 heavy (non-hydrogen) atoms. The second kappa shape index (κ2) is 16.1. The Balaban J connectivity index is 1.24. The molecule has 0 fully saturated rings. The smallest absolute Gasteiger partial charge is 0.160 e.